The van der Waals surface area contributed by atoms with Crippen LogP contribution in [-0.2, 0) is 0 Å². The van der Waals surface area contributed by atoms with Crippen LogP contribution in [0.4, 0.5) is 0 Å². The third-order valence-corrected chi connectivity index (χ3v) is 12.2. The number of hydrogen-bond acceptors (Lipinski definition) is 6. The Balaban J connectivity index is 1.36. The molecule has 4 aromatic carbocycles. The summed E-state index contributed by atoms with van der Waals surface area (Å²) in [6, 6.07) is 18.0. The molecule has 0 N–H and O–H groups in total. The van der Waals surface area contributed by atoms with E-state index in [9.17, 15) is 9.59 Å². The van der Waals surface area contributed by atoms with E-state index in [1.807, 2.05) is 64.1 Å². The molecule has 0 heterocycles. The SMILES string of the molecule is CCCCCCCCCOc1ccc(C(=O)Oc2cc(C)c(-c3c(C)cc(OC(=O)c4ccc(OCCCCCCCCC)cc4)c(Br)c3C)c(C)c2Br)cc1. The zero-order valence-corrected chi connectivity index (χ0v) is 37.5. The van der Waals surface area contributed by atoms with Crippen molar-refractivity contribution in [1.29, 1.82) is 0 Å². The number of halogens is 2. The molecule has 4 rings (SSSR count). The Morgan fingerprint density at radius 3 is 1.14 bits per heavy atom. The van der Waals surface area contributed by atoms with Crippen molar-refractivity contribution in [2.24, 2.45) is 0 Å². The summed E-state index contributed by atoms with van der Waals surface area (Å²) in [5, 5.41) is 0. The number of hydrogen-bond donors (Lipinski definition) is 0. The molecule has 0 aliphatic rings. The molecular formula is C48H60Br2O6. The summed E-state index contributed by atoms with van der Waals surface area (Å²) in [5.74, 6) is 1.50. The minimum Gasteiger partial charge on any atom is -0.494 e. The number of esters is 2. The van der Waals surface area contributed by atoms with Gasteiger partial charge in [0, 0.05) is 0 Å². The molecule has 56 heavy (non-hydrogen) atoms. The molecule has 8 heteroatoms. The van der Waals surface area contributed by atoms with E-state index in [2.05, 4.69) is 45.7 Å². The summed E-state index contributed by atoms with van der Waals surface area (Å²) in [7, 11) is 0. The fourth-order valence-corrected chi connectivity index (χ4v) is 7.74. The first kappa shape index (κ1) is 45.1. The fraction of sp³-hybridized carbons (Fsp3) is 0.458. The van der Waals surface area contributed by atoms with Crippen molar-refractivity contribution in [3.63, 3.8) is 0 Å². The second kappa shape index (κ2) is 23.6. The molecular weight excluding hydrogens is 832 g/mol. The second-order valence-corrected chi connectivity index (χ2v) is 16.4. The van der Waals surface area contributed by atoms with E-state index in [0.29, 0.717) is 44.8 Å². The summed E-state index contributed by atoms with van der Waals surface area (Å²) < 4.78 is 25.0. The highest BCUT2D eigenvalue weighted by atomic mass is 79.9. The highest BCUT2D eigenvalue weighted by Gasteiger charge is 2.23. The van der Waals surface area contributed by atoms with Gasteiger partial charge in [-0.25, -0.2) is 9.59 Å². The van der Waals surface area contributed by atoms with Crippen LogP contribution >= 0.6 is 31.9 Å². The van der Waals surface area contributed by atoms with Crippen LogP contribution in [-0.4, -0.2) is 25.2 Å². The molecule has 0 aromatic heterocycles. The van der Waals surface area contributed by atoms with Crippen LogP contribution in [0.5, 0.6) is 23.0 Å². The molecule has 4 aromatic rings. The summed E-state index contributed by atoms with van der Waals surface area (Å²) in [6.45, 7) is 13.8. The van der Waals surface area contributed by atoms with Gasteiger partial charge in [0.05, 0.1) is 33.3 Å². The average molecular weight is 893 g/mol. The molecule has 302 valence electrons. The zero-order chi connectivity index (χ0) is 40.5. The van der Waals surface area contributed by atoms with E-state index in [-0.39, 0.29) is 0 Å². The topological polar surface area (TPSA) is 71.1 Å². The lowest BCUT2D eigenvalue weighted by atomic mass is 9.89. The smallest absolute Gasteiger partial charge is 0.343 e. The monoisotopic (exact) mass is 890 g/mol. The lowest BCUT2D eigenvalue weighted by Gasteiger charge is -2.21. The van der Waals surface area contributed by atoms with Crippen LogP contribution in [0.25, 0.3) is 11.1 Å². The standard InChI is InChI=1S/C48H60Br2O6/c1-7-9-11-13-15-17-19-29-53-39-25-21-37(22-26-39)47(51)55-41-31-33(3)43(35(5)45(41)49)44-34(4)32-42(46(50)36(44)6)56-48(52)38-23-27-40(28-24-38)54-30-20-18-16-14-12-10-8-2/h21-28,31-32H,7-20,29-30H2,1-6H3. The zero-order valence-electron chi connectivity index (χ0n) is 34.3. The summed E-state index contributed by atoms with van der Waals surface area (Å²) >= 11 is 7.45. The molecule has 0 atom stereocenters. The highest BCUT2D eigenvalue weighted by Crippen LogP contribution is 2.45. The molecule has 0 radical (unpaired) electrons. The summed E-state index contributed by atoms with van der Waals surface area (Å²) in [5.41, 5.74) is 6.67. The van der Waals surface area contributed by atoms with E-state index in [1.165, 1.54) is 77.0 Å². The van der Waals surface area contributed by atoms with Gasteiger partial charge in [-0.15, -0.1) is 0 Å². The Kier molecular flexibility index (Phi) is 19.0. The third kappa shape index (κ3) is 13.2. The van der Waals surface area contributed by atoms with Crippen LogP contribution in [0, 0.1) is 27.7 Å². The Bertz CT molecular complexity index is 1730. The molecule has 0 amide bonds. The second-order valence-electron chi connectivity index (χ2n) is 14.8. The molecule has 0 saturated carbocycles. The minimum absolute atomic E-state index is 0.442. The van der Waals surface area contributed by atoms with E-state index >= 15 is 0 Å². The lowest BCUT2D eigenvalue weighted by Crippen LogP contribution is -2.11. The average Bonchev–Trinajstić information content (AvgIpc) is 3.19. The predicted molar refractivity (Wildman–Crippen MR) is 236 cm³/mol. The summed E-state index contributed by atoms with van der Waals surface area (Å²) in [4.78, 5) is 26.4. The molecule has 0 aliphatic carbocycles. The molecule has 0 saturated heterocycles. The van der Waals surface area contributed by atoms with Crippen molar-refractivity contribution >= 4 is 43.8 Å². The number of carbonyl (C=O) groups excluding carboxylic acids is 2. The van der Waals surface area contributed by atoms with Crippen molar-refractivity contribution in [2.45, 2.75) is 131 Å². The number of carbonyl (C=O) groups is 2. The molecule has 0 aliphatic heterocycles. The molecule has 0 fully saturated rings. The van der Waals surface area contributed by atoms with Gasteiger partial charge in [0.25, 0.3) is 0 Å². The van der Waals surface area contributed by atoms with Gasteiger partial charge < -0.3 is 18.9 Å². The molecule has 6 nitrogen and oxygen atoms in total. The van der Waals surface area contributed by atoms with Crippen LogP contribution in [0.2, 0.25) is 0 Å². The van der Waals surface area contributed by atoms with Crippen LogP contribution in [0.15, 0.2) is 69.6 Å². The van der Waals surface area contributed by atoms with Gasteiger partial charge in [0.2, 0.25) is 0 Å². The number of aryl methyl sites for hydroxylation is 2. The number of benzene rings is 4. The van der Waals surface area contributed by atoms with Gasteiger partial charge in [0.1, 0.15) is 23.0 Å². The van der Waals surface area contributed by atoms with E-state index in [4.69, 9.17) is 18.9 Å². The van der Waals surface area contributed by atoms with Crippen molar-refractivity contribution in [3.8, 4) is 34.1 Å². The minimum atomic E-state index is -0.442. The Hall–Kier alpha value is -3.62. The van der Waals surface area contributed by atoms with Crippen molar-refractivity contribution in [3.05, 3.63) is 103 Å². The quantitative estimate of drug-likeness (QED) is 0.0420. The largest absolute Gasteiger partial charge is 0.494 e. The van der Waals surface area contributed by atoms with Gasteiger partial charge >= 0.3 is 11.9 Å². The summed E-state index contributed by atoms with van der Waals surface area (Å²) in [6.07, 6.45) is 17.2. The first-order valence-corrected chi connectivity index (χ1v) is 22.1. The van der Waals surface area contributed by atoms with Crippen LogP contribution in [0.3, 0.4) is 0 Å². The number of rotatable bonds is 23. The number of ether oxygens (including phenoxy) is 4. The third-order valence-electron chi connectivity index (χ3n) is 10.2. The molecule has 0 unspecified atom stereocenters. The lowest BCUT2D eigenvalue weighted by molar-refractivity contribution is 0.0723. The van der Waals surface area contributed by atoms with Gasteiger partial charge in [-0.2, -0.15) is 0 Å². The van der Waals surface area contributed by atoms with E-state index < -0.39 is 11.9 Å². The first-order chi connectivity index (χ1) is 27.0. The van der Waals surface area contributed by atoms with Crippen molar-refractivity contribution in [1.82, 2.24) is 0 Å². The predicted octanol–water partition coefficient (Wildman–Crippen LogP) is 14.8. The Labute approximate surface area is 352 Å². The molecule has 0 spiro atoms. The molecule has 0 bridgehead atoms. The Morgan fingerprint density at radius 2 is 0.804 bits per heavy atom. The number of unbranched alkanes of at least 4 members (excludes halogenated alkanes) is 12. The Morgan fingerprint density at radius 1 is 0.482 bits per heavy atom. The van der Waals surface area contributed by atoms with E-state index in [1.54, 1.807) is 24.3 Å². The fourth-order valence-electron chi connectivity index (χ4n) is 6.95. The van der Waals surface area contributed by atoms with Gasteiger partial charge in [-0.1, -0.05) is 90.9 Å². The van der Waals surface area contributed by atoms with Gasteiger partial charge in [-0.05, 0) is 166 Å². The maximum atomic E-state index is 13.2. The van der Waals surface area contributed by atoms with E-state index in [0.717, 1.165) is 57.7 Å². The van der Waals surface area contributed by atoms with Crippen LogP contribution < -0.4 is 18.9 Å². The van der Waals surface area contributed by atoms with Gasteiger partial charge in [0.15, 0.2) is 0 Å². The maximum Gasteiger partial charge on any atom is 0.343 e. The van der Waals surface area contributed by atoms with Crippen molar-refractivity contribution < 1.29 is 28.5 Å². The normalized spacial score (nSPS) is 11.1. The first-order valence-electron chi connectivity index (χ1n) is 20.5. The van der Waals surface area contributed by atoms with Crippen molar-refractivity contribution in [2.75, 3.05) is 13.2 Å². The maximum absolute atomic E-state index is 13.2. The highest BCUT2D eigenvalue weighted by molar-refractivity contribution is 9.11. The van der Waals surface area contributed by atoms with Gasteiger partial charge in [-0.3, -0.25) is 0 Å². The van der Waals surface area contributed by atoms with Crippen LogP contribution in [0.1, 0.15) is 147 Å².